The third kappa shape index (κ3) is 2.95. The number of H-pyrrole nitrogens is 1. The van der Waals surface area contributed by atoms with Gasteiger partial charge in [-0.3, -0.25) is 14.7 Å². The number of fused-ring (bicyclic) bond motifs is 2. The fraction of sp³-hybridized carbons (Fsp3) is 0.375. The van der Waals surface area contributed by atoms with Crippen molar-refractivity contribution in [2.24, 2.45) is 0 Å². The van der Waals surface area contributed by atoms with Crippen LogP contribution in [0.4, 0.5) is 0 Å². The summed E-state index contributed by atoms with van der Waals surface area (Å²) in [5, 5.41) is 12.3. The van der Waals surface area contributed by atoms with Crippen LogP contribution in [-0.2, 0) is 12.8 Å². The number of methoxy groups -OCH3 is 1. The second kappa shape index (κ2) is 7.20. The first-order valence-electron chi connectivity index (χ1n) is 11.1. The summed E-state index contributed by atoms with van der Waals surface area (Å²) < 4.78 is 7.80. The Bertz CT molecular complexity index is 1270. The van der Waals surface area contributed by atoms with Crippen LogP contribution in [0.5, 0.6) is 5.75 Å². The van der Waals surface area contributed by atoms with Gasteiger partial charge in [0.25, 0.3) is 0 Å². The van der Waals surface area contributed by atoms with Crippen molar-refractivity contribution in [3.8, 4) is 28.3 Å². The summed E-state index contributed by atoms with van der Waals surface area (Å²) in [5.41, 5.74) is 8.44. The van der Waals surface area contributed by atoms with Gasteiger partial charge in [-0.15, -0.1) is 0 Å². The van der Waals surface area contributed by atoms with E-state index in [-0.39, 0.29) is 0 Å². The number of hydrogen-bond acceptors (Lipinski definition) is 5. The molecule has 0 bridgehead atoms. The molecule has 1 aliphatic carbocycles. The summed E-state index contributed by atoms with van der Waals surface area (Å²) >= 11 is 0. The number of pyridine rings is 1. The standard InChI is InChI=1S/C24H26N6O/c1-3-29-13-17(14-29)30-12-16(11-25-30)22-24-20(27-28-22)10-21(31-2)23(26-24)19-9-5-7-15-6-4-8-18(15)19/h5,7,9-12,17H,3-4,6,8,13-14H2,1-2H3,(H,27,28). The lowest BCUT2D eigenvalue weighted by atomic mass is 9.99. The van der Waals surface area contributed by atoms with Crippen molar-refractivity contribution in [3.63, 3.8) is 0 Å². The molecule has 158 valence electrons. The minimum atomic E-state index is 0.439. The molecular weight excluding hydrogens is 388 g/mol. The molecule has 0 amide bonds. The zero-order valence-electron chi connectivity index (χ0n) is 17.9. The van der Waals surface area contributed by atoms with Crippen molar-refractivity contribution in [2.75, 3.05) is 26.7 Å². The van der Waals surface area contributed by atoms with Crippen molar-refractivity contribution in [3.05, 3.63) is 47.8 Å². The van der Waals surface area contributed by atoms with Crippen molar-refractivity contribution in [1.82, 2.24) is 29.9 Å². The summed E-state index contributed by atoms with van der Waals surface area (Å²) in [4.78, 5) is 7.49. The first-order valence-corrected chi connectivity index (χ1v) is 11.1. The number of nitrogens with one attached hydrogen (secondary N) is 1. The normalized spacial score (nSPS) is 16.6. The summed E-state index contributed by atoms with van der Waals surface area (Å²) in [7, 11) is 1.70. The lowest BCUT2D eigenvalue weighted by molar-refractivity contribution is 0.105. The topological polar surface area (TPSA) is 71.9 Å². The highest BCUT2D eigenvalue weighted by molar-refractivity contribution is 5.92. The maximum atomic E-state index is 5.73. The van der Waals surface area contributed by atoms with Crippen LogP contribution in [0.25, 0.3) is 33.5 Å². The number of benzene rings is 1. The molecule has 0 unspecified atom stereocenters. The average molecular weight is 415 g/mol. The van der Waals surface area contributed by atoms with Crippen LogP contribution in [0.2, 0.25) is 0 Å². The maximum Gasteiger partial charge on any atom is 0.147 e. The van der Waals surface area contributed by atoms with E-state index in [0.717, 1.165) is 66.2 Å². The Morgan fingerprint density at radius 2 is 2.10 bits per heavy atom. The molecule has 2 aliphatic rings. The zero-order valence-corrected chi connectivity index (χ0v) is 17.9. The molecular formula is C24H26N6O. The molecule has 1 N–H and O–H groups in total. The highest BCUT2D eigenvalue weighted by Crippen LogP contribution is 2.38. The average Bonchev–Trinajstić information content (AvgIpc) is 3.50. The third-order valence-electron chi connectivity index (χ3n) is 6.76. The van der Waals surface area contributed by atoms with E-state index in [2.05, 4.69) is 56.2 Å². The van der Waals surface area contributed by atoms with Gasteiger partial charge in [-0.25, -0.2) is 4.98 Å². The van der Waals surface area contributed by atoms with Gasteiger partial charge in [0.1, 0.15) is 22.7 Å². The molecule has 31 heavy (non-hydrogen) atoms. The molecule has 1 fully saturated rings. The van der Waals surface area contributed by atoms with Gasteiger partial charge in [-0.1, -0.05) is 25.1 Å². The third-order valence-corrected chi connectivity index (χ3v) is 6.76. The number of aryl methyl sites for hydroxylation is 1. The Morgan fingerprint density at radius 3 is 2.94 bits per heavy atom. The number of likely N-dealkylation sites (tertiary alicyclic amines) is 1. The summed E-state index contributed by atoms with van der Waals surface area (Å²) in [6.07, 6.45) is 7.43. The van der Waals surface area contributed by atoms with Gasteiger partial charge in [0, 0.05) is 36.5 Å². The molecule has 4 aromatic rings. The fourth-order valence-corrected chi connectivity index (χ4v) is 4.95. The highest BCUT2D eigenvalue weighted by atomic mass is 16.5. The minimum absolute atomic E-state index is 0.439. The summed E-state index contributed by atoms with van der Waals surface area (Å²) in [6.45, 7) is 5.39. The summed E-state index contributed by atoms with van der Waals surface area (Å²) in [5.74, 6) is 0.771. The van der Waals surface area contributed by atoms with Gasteiger partial charge in [0.2, 0.25) is 0 Å². The van der Waals surface area contributed by atoms with E-state index in [0.29, 0.717) is 6.04 Å². The molecule has 7 nitrogen and oxygen atoms in total. The molecule has 6 rings (SSSR count). The molecule has 4 heterocycles. The molecule has 1 aromatic carbocycles. The predicted octanol–water partition coefficient (Wildman–Crippen LogP) is 3.86. The van der Waals surface area contributed by atoms with E-state index < -0.39 is 0 Å². The molecule has 1 aliphatic heterocycles. The van der Waals surface area contributed by atoms with Gasteiger partial charge in [0.15, 0.2) is 0 Å². The minimum Gasteiger partial charge on any atom is -0.494 e. The number of hydrogen-bond donors (Lipinski definition) is 1. The Hall–Kier alpha value is -3.19. The quantitative estimate of drug-likeness (QED) is 0.537. The maximum absolute atomic E-state index is 5.73. The van der Waals surface area contributed by atoms with Crippen LogP contribution in [0.15, 0.2) is 36.7 Å². The van der Waals surface area contributed by atoms with Gasteiger partial charge >= 0.3 is 0 Å². The van der Waals surface area contributed by atoms with Crippen LogP contribution in [0.3, 0.4) is 0 Å². The molecule has 0 saturated carbocycles. The first kappa shape index (κ1) is 18.6. The van der Waals surface area contributed by atoms with Gasteiger partial charge in [-0.05, 0) is 36.9 Å². The van der Waals surface area contributed by atoms with Crippen molar-refractivity contribution < 1.29 is 4.74 Å². The van der Waals surface area contributed by atoms with E-state index in [4.69, 9.17) is 9.72 Å². The van der Waals surface area contributed by atoms with Crippen molar-refractivity contribution >= 4 is 11.0 Å². The monoisotopic (exact) mass is 414 g/mol. The smallest absolute Gasteiger partial charge is 0.147 e. The Morgan fingerprint density at radius 1 is 1.19 bits per heavy atom. The van der Waals surface area contributed by atoms with Gasteiger partial charge < -0.3 is 4.74 Å². The van der Waals surface area contributed by atoms with Crippen LogP contribution < -0.4 is 4.74 Å². The Kier molecular flexibility index (Phi) is 4.31. The van der Waals surface area contributed by atoms with E-state index in [1.807, 2.05) is 12.3 Å². The lowest BCUT2D eigenvalue weighted by Gasteiger charge is -2.38. The molecule has 7 heteroatoms. The van der Waals surface area contributed by atoms with Crippen LogP contribution >= 0.6 is 0 Å². The van der Waals surface area contributed by atoms with E-state index in [1.165, 1.54) is 23.1 Å². The number of nitrogens with zero attached hydrogens (tertiary/aromatic N) is 5. The second-order valence-corrected chi connectivity index (χ2v) is 8.52. The number of aromatic amines is 1. The van der Waals surface area contributed by atoms with Crippen molar-refractivity contribution in [1.29, 1.82) is 0 Å². The Balaban J connectivity index is 1.43. The number of ether oxygens (including phenoxy) is 1. The number of aromatic nitrogens is 5. The van der Waals surface area contributed by atoms with Crippen LogP contribution in [-0.4, -0.2) is 56.6 Å². The predicted molar refractivity (Wildman–Crippen MR) is 120 cm³/mol. The van der Waals surface area contributed by atoms with Crippen LogP contribution in [0, 0.1) is 0 Å². The van der Waals surface area contributed by atoms with Gasteiger partial charge in [-0.2, -0.15) is 10.2 Å². The highest BCUT2D eigenvalue weighted by Gasteiger charge is 2.28. The Labute approximate surface area is 181 Å². The van der Waals surface area contributed by atoms with Gasteiger partial charge in [0.05, 0.1) is 24.9 Å². The largest absolute Gasteiger partial charge is 0.494 e. The summed E-state index contributed by atoms with van der Waals surface area (Å²) in [6, 6.07) is 8.97. The fourth-order valence-electron chi connectivity index (χ4n) is 4.95. The van der Waals surface area contributed by atoms with Crippen molar-refractivity contribution in [2.45, 2.75) is 32.2 Å². The SMILES string of the molecule is CCN1CC(n2cc(-c3n[nH]c4cc(OC)c(-c5cccc6c5CCC6)nc34)cn2)C1. The zero-order chi connectivity index (χ0) is 20.9. The number of rotatable bonds is 5. The number of likely N-dealkylation sites (N-methyl/N-ethyl adjacent to an activating group) is 1. The first-order chi connectivity index (χ1) is 15.2. The molecule has 1 saturated heterocycles. The molecule has 0 radical (unpaired) electrons. The van der Waals surface area contributed by atoms with E-state index >= 15 is 0 Å². The van der Waals surface area contributed by atoms with Crippen LogP contribution in [0.1, 0.15) is 30.5 Å². The molecule has 3 aromatic heterocycles. The second-order valence-electron chi connectivity index (χ2n) is 8.52. The van der Waals surface area contributed by atoms with E-state index in [9.17, 15) is 0 Å². The van der Waals surface area contributed by atoms with E-state index in [1.54, 1.807) is 7.11 Å². The molecule has 0 atom stereocenters. The molecule has 0 spiro atoms. The lowest BCUT2D eigenvalue weighted by Crippen LogP contribution is -2.47.